The van der Waals surface area contributed by atoms with E-state index < -0.39 is 0 Å². The summed E-state index contributed by atoms with van der Waals surface area (Å²) in [6, 6.07) is 28.4. The molecular weight excluding hydrogens is 486 g/mol. The summed E-state index contributed by atoms with van der Waals surface area (Å²) in [5, 5.41) is 0. The largest absolute Gasteiger partial charge is 0.305 e. The topological polar surface area (TPSA) is 38.7 Å². The molecule has 25 heavy (non-hydrogen) atoms. The molecule has 125 valence electrons. The number of hydrogen-bond donors (Lipinski definition) is 0. The summed E-state index contributed by atoms with van der Waals surface area (Å²) in [5.74, 6) is 0. The minimum atomic E-state index is 0. The third-order valence-electron chi connectivity index (χ3n) is 3.24. The first-order valence-electron chi connectivity index (χ1n) is 7.64. The molecule has 4 rings (SSSR count). The minimum absolute atomic E-state index is 0. The number of benzene rings is 1. The van der Waals surface area contributed by atoms with Crippen molar-refractivity contribution < 1.29 is 20.1 Å². The van der Waals surface area contributed by atoms with Crippen LogP contribution in [-0.4, -0.2) is 15.0 Å². The van der Waals surface area contributed by atoms with Crippen LogP contribution in [0.1, 0.15) is 0 Å². The van der Waals surface area contributed by atoms with Crippen LogP contribution in [0.15, 0.2) is 97.5 Å². The third kappa shape index (κ3) is 5.71. The molecule has 4 aromatic rings. The Kier molecular flexibility index (Phi) is 7.64. The van der Waals surface area contributed by atoms with E-state index in [0.717, 1.165) is 22.6 Å². The summed E-state index contributed by atoms with van der Waals surface area (Å²) < 4.78 is 0. The Morgan fingerprint density at radius 1 is 0.520 bits per heavy atom. The molecular formula is C21H16IrN3-. The van der Waals surface area contributed by atoms with Gasteiger partial charge < -0.3 is 4.98 Å². The van der Waals surface area contributed by atoms with Crippen LogP contribution in [0, 0.1) is 6.07 Å². The van der Waals surface area contributed by atoms with Crippen LogP contribution in [0.25, 0.3) is 22.6 Å². The quantitative estimate of drug-likeness (QED) is 0.374. The van der Waals surface area contributed by atoms with E-state index in [1.807, 2.05) is 78.9 Å². The summed E-state index contributed by atoms with van der Waals surface area (Å²) in [6.07, 6.45) is 5.32. The molecule has 1 aromatic carbocycles. The number of aromatic nitrogens is 3. The van der Waals surface area contributed by atoms with E-state index in [9.17, 15) is 0 Å². The molecule has 4 heteroatoms. The van der Waals surface area contributed by atoms with Crippen molar-refractivity contribution in [2.45, 2.75) is 0 Å². The maximum absolute atomic E-state index is 4.22. The van der Waals surface area contributed by atoms with Crippen molar-refractivity contribution in [1.29, 1.82) is 0 Å². The fourth-order valence-corrected chi connectivity index (χ4v) is 2.10. The second-order valence-electron chi connectivity index (χ2n) is 4.92. The zero-order chi connectivity index (χ0) is 16.5. The second-order valence-corrected chi connectivity index (χ2v) is 4.92. The standard InChI is InChI=1S/C11H8N.C10H8N2.Ir/c1-2-6-10(7-3-1)11-8-4-5-9-12-11;1-3-7-11-9(5-1)10-6-2-4-8-12-10;/h1-6,8-9H;1-8H;/q-1;;. The molecule has 0 unspecified atom stereocenters. The van der Waals surface area contributed by atoms with Gasteiger partial charge in [0.05, 0.1) is 11.4 Å². The van der Waals surface area contributed by atoms with Crippen molar-refractivity contribution in [3.05, 3.63) is 104 Å². The summed E-state index contributed by atoms with van der Waals surface area (Å²) >= 11 is 0. The summed E-state index contributed by atoms with van der Waals surface area (Å²) in [5.41, 5.74) is 3.84. The molecule has 0 atom stereocenters. The Labute approximate surface area is 161 Å². The first kappa shape index (κ1) is 18.7. The van der Waals surface area contributed by atoms with Crippen molar-refractivity contribution in [3.8, 4) is 22.6 Å². The van der Waals surface area contributed by atoms with E-state index in [1.165, 1.54) is 0 Å². The number of rotatable bonds is 2. The Balaban J connectivity index is 0.000000173. The van der Waals surface area contributed by atoms with Gasteiger partial charge in [-0.2, -0.15) is 0 Å². The van der Waals surface area contributed by atoms with Crippen LogP contribution < -0.4 is 0 Å². The minimum Gasteiger partial charge on any atom is -0.305 e. The van der Waals surface area contributed by atoms with Gasteiger partial charge >= 0.3 is 0 Å². The molecule has 3 aromatic heterocycles. The van der Waals surface area contributed by atoms with Crippen LogP contribution in [-0.2, 0) is 20.1 Å². The van der Waals surface area contributed by atoms with Crippen LogP contribution in [0.2, 0.25) is 0 Å². The van der Waals surface area contributed by atoms with E-state index >= 15 is 0 Å². The van der Waals surface area contributed by atoms with E-state index in [2.05, 4.69) is 21.0 Å². The van der Waals surface area contributed by atoms with Gasteiger partial charge in [0.15, 0.2) is 0 Å². The molecule has 0 amide bonds. The van der Waals surface area contributed by atoms with Gasteiger partial charge in [-0.1, -0.05) is 24.3 Å². The molecule has 0 saturated heterocycles. The summed E-state index contributed by atoms with van der Waals surface area (Å²) in [6.45, 7) is 0. The Morgan fingerprint density at radius 3 is 1.40 bits per heavy atom. The van der Waals surface area contributed by atoms with Crippen molar-refractivity contribution in [2.24, 2.45) is 0 Å². The second kappa shape index (κ2) is 10.2. The molecule has 0 N–H and O–H groups in total. The van der Waals surface area contributed by atoms with Gasteiger partial charge in [0.1, 0.15) is 0 Å². The van der Waals surface area contributed by atoms with Crippen LogP contribution in [0.4, 0.5) is 0 Å². The van der Waals surface area contributed by atoms with Crippen LogP contribution >= 0.6 is 0 Å². The molecule has 0 aliphatic carbocycles. The monoisotopic (exact) mass is 503 g/mol. The Morgan fingerprint density at radius 2 is 1.00 bits per heavy atom. The molecule has 0 fully saturated rings. The number of hydrogen-bond acceptors (Lipinski definition) is 3. The van der Waals surface area contributed by atoms with E-state index in [0.29, 0.717) is 0 Å². The van der Waals surface area contributed by atoms with Crippen molar-refractivity contribution >= 4 is 0 Å². The van der Waals surface area contributed by atoms with E-state index in [4.69, 9.17) is 0 Å². The predicted molar refractivity (Wildman–Crippen MR) is 96.0 cm³/mol. The van der Waals surface area contributed by atoms with Gasteiger partial charge in [0.25, 0.3) is 0 Å². The molecule has 0 aliphatic heterocycles. The molecule has 1 radical (unpaired) electrons. The van der Waals surface area contributed by atoms with Crippen LogP contribution in [0.5, 0.6) is 0 Å². The van der Waals surface area contributed by atoms with Gasteiger partial charge in [0.2, 0.25) is 0 Å². The molecule has 0 aliphatic rings. The average molecular weight is 503 g/mol. The molecule has 0 bridgehead atoms. The van der Waals surface area contributed by atoms with Gasteiger partial charge in [-0.25, -0.2) is 0 Å². The van der Waals surface area contributed by atoms with Crippen LogP contribution in [0.3, 0.4) is 0 Å². The van der Waals surface area contributed by atoms with Gasteiger partial charge in [-0.3, -0.25) is 9.97 Å². The maximum Gasteiger partial charge on any atom is 0.0886 e. The maximum atomic E-state index is 4.22. The third-order valence-corrected chi connectivity index (χ3v) is 3.24. The average Bonchev–Trinajstić information content (AvgIpc) is 2.71. The van der Waals surface area contributed by atoms with Gasteiger partial charge in [0, 0.05) is 38.7 Å². The number of pyridine rings is 3. The van der Waals surface area contributed by atoms with Crippen molar-refractivity contribution in [3.63, 3.8) is 0 Å². The fraction of sp³-hybridized carbons (Fsp3) is 0. The summed E-state index contributed by atoms with van der Waals surface area (Å²) in [4.78, 5) is 12.6. The van der Waals surface area contributed by atoms with Crippen molar-refractivity contribution in [1.82, 2.24) is 15.0 Å². The van der Waals surface area contributed by atoms with Crippen molar-refractivity contribution in [2.75, 3.05) is 0 Å². The Bertz CT molecular complexity index is 689. The first-order chi connectivity index (χ1) is 11.9. The smallest absolute Gasteiger partial charge is 0.0886 e. The molecule has 0 spiro atoms. The fourth-order valence-electron chi connectivity index (χ4n) is 2.10. The zero-order valence-electron chi connectivity index (χ0n) is 13.4. The summed E-state index contributed by atoms with van der Waals surface area (Å²) in [7, 11) is 0. The van der Waals surface area contributed by atoms with E-state index in [-0.39, 0.29) is 20.1 Å². The first-order valence-corrected chi connectivity index (χ1v) is 7.64. The molecule has 3 nitrogen and oxygen atoms in total. The molecule has 3 heterocycles. The zero-order valence-corrected chi connectivity index (χ0v) is 15.8. The van der Waals surface area contributed by atoms with Gasteiger partial charge in [-0.05, 0) is 36.0 Å². The Hall–Kier alpha value is -2.68. The van der Waals surface area contributed by atoms with E-state index in [1.54, 1.807) is 18.6 Å². The molecule has 0 saturated carbocycles. The normalized spacial score (nSPS) is 9.28. The SMILES string of the molecule is [Ir].[c-]1ccccc1-c1ccccn1.c1ccc(-c2ccccn2)nc1. The van der Waals surface area contributed by atoms with Gasteiger partial charge in [-0.15, -0.1) is 35.9 Å². The number of nitrogens with zero attached hydrogens (tertiary/aromatic N) is 3. The predicted octanol–water partition coefficient (Wildman–Crippen LogP) is 4.69.